The molecule has 11 aromatic rings. The van der Waals surface area contributed by atoms with Crippen molar-refractivity contribution in [1.29, 1.82) is 0 Å². The summed E-state index contributed by atoms with van der Waals surface area (Å²) in [5.74, 6) is 0. The topological polar surface area (TPSA) is 39.2 Å². The smallest absolute Gasteiger partial charge is 0.136 e. The van der Waals surface area contributed by atoms with E-state index in [0.717, 1.165) is 93.7 Å². The fourth-order valence-corrected chi connectivity index (χ4v) is 8.13. The van der Waals surface area contributed by atoms with Gasteiger partial charge in [0.15, 0.2) is 0 Å². The molecule has 242 valence electrons. The molecular weight excluding hydrogens is 635 g/mol. The van der Waals surface area contributed by atoms with E-state index in [-0.39, 0.29) is 0 Å². The molecule has 0 saturated carbocycles. The fraction of sp³-hybridized carbons (Fsp3) is 0. The highest BCUT2D eigenvalue weighted by Crippen LogP contribution is 2.46. The summed E-state index contributed by atoms with van der Waals surface area (Å²) in [5, 5.41) is 7.90. The molecule has 0 saturated heterocycles. The third-order valence-corrected chi connectivity index (χ3v) is 10.5. The number of fused-ring (bicyclic) bond motifs is 9. The zero-order valence-electron chi connectivity index (χ0n) is 28.0. The molecule has 0 spiro atoms. The Bertz CT molecular complexity index is 3170. The van der Waals surface area contributed by atoms with Crippen molar-refractivity contribution >= 4 is 65.6 Å². The Labute approximate surface area is 299 Å². The average Bonchev–Trinajstić information content (AvgIpc) is 3.78. The summed E-state index contributed by atoms with van der Waals surface area (Å²) >= 11 is 0. The van der Waals surface area contributed by atoms with Crippen LogP contribution in [0.1, 0.15) is 0 Å². The number of furan rings is 2. The summed E-state index contributed by atoms with van der Waals surface area (Å²) in [6.07, 6.45) is 0. The molecule has 0 amide bonds. The highest BCUT2D eigenvalue weighted by atomic mass is 16.3. The molecule has 8 aromatic carbocycles. The molecule has 0 radical (unpaired) electrons. The van der Waals surface area contributed by atoms with E-state index in [1.54, 1.807) is 0 Å². The van der Waals surface area contributed by atoms with Crippen LogP contribution in [-0.4, -0.2) is 4.98 Å². The maximum absolute atomic E-state index is 6.56. The second-order valence-corrected chi connectivity index (χ2v) is 13.4. The van der Waals surface area contributed by atoms with Gasteiger partial charge in [-0.2, -0.15) is 0 Å². The van der Waals surface area contributed by atoms with E-state index >= 15 is 0 Å². The number of benzene rings is 8. The van der Waals surface area contributed by atoms with Crippen molar-refractivity contribution < 1.29 is 8.83 Å². The zero-order chi connectivity index (χ0) is 34.2. The molecule has 3 heteroatoms. The summed E-state index contributed by atoms with van der Waals surface area (Å²) in [4.78, 5) is 5.32. The Morgan fingerprint density at radius 3 is 1.73 bits per heavy atom. The second kappa shape index (κ2) is 11.3. The molecule has 11 rings (SSSR count). The van der Waals surface area contributed by atoms with Crippen molar-refractivity contribution in [3.8, 4) is 44.6 Å². The van der Waals surface area contributed by atoms with Gasteiger partial charge < -0.3 is 8.83 Å². The van der Waals surface area contributed by atoms with Crippen molar-refractivity contribution in [1.82, 2.24) is 4.98 Å². The summed E-state index contributed by atoms with van der Waals surface area (Å²) < 4.78 is 12.8. The van der Waals surface area contributed by atoms with Crippen molar-refractivity contribution in [3.05, 3.63) is 176 Å². The molecule has 3 aromatic heterocycles. The van der Waals surface area contributed by atoms with Crippen LogP contribution < -0.4 is 0 Å². The van der Waals surface area contributed by atoms with Gasteiger partial charge in [0.25, 0.3) is 0 Å². The molecule has 3 nitrogen and oxygen atoms in total. The first kappa shape index (κ1) is 28.8. The number of para-hydroxylation sites is 3. The average molecular weight is 664 g/mol. The van der Waals surface area contributed by atoms with Gasteiger partial charge in [-0.05, 0) is 64.2 Å². The van der Waals surface area contributed by atoms with Crippen molar-refractivity contribution in [2.45, 2.75) is 0 Å². The lowest BCUT2D eigenvalue weighted by molar-refractivity contribution is 0.669. The predicted molar refractivity (Wildman–Crippen MR) is 216 cm³/mol. The molecule has 0 N–H and O–H groups in total. The minimum Gasteiger partial charge on any atom is -0.456 e. The van der Waals surface area contributed by atoms with Crippen LogP contribution in [0.4, 0.5) is 0 Å². The molecule has 0 aliphatic rings. The Balaban J connectivity index is 1.10. The van der Waals surface area contributed by atoms with Crippen LogP contribution in [0, 0.1) is 0 Å². The van der Waals surface area contributed by atoms with Crippen LogP contribution in [0.3, 0.4) is 0 Å². The van der Waals surface area contributed by atoms with E-state index in [4.69, 9.17) is 13.8 Å². The van der Waals surface area contributed by atoms with Crippen LogP contribution in [0.25, 0.3) is 110 Å². The van der Waals surface area contributed by atoms with Crippen LogP contribution in [0.2, 0.25) is 0 Å². The Morgan fingerprint density at radius 2 is 0.923 bits per heavy atom. The molecule has 0 fully saturated rings. The lowest BCUT2D eigenvalue weighted by Gasteiger charge is -2.16. The summed E-state index contributed by atoms with van der Waals surface area (Å²) in [6.45, 7) is 0. The summed E-state index contributed by atoms with van der Waals surface area (Å²) in [6, 6.07) is 61.9. The molecule has 0 aliphatic carbocycles. The van der Waals surface area contributed by atoms with Crippen LogP contribution in [0.15, 0.2) is 185 Å². The van der Waals surface area contributed by atoms with E-state index in [2.05, 4.69) is 152 Å². The van der Waals surface area contributed by atoms with Gasteiger partial charge in [-0.1, -0.05) is 140 Å². The van der Waals surface area contributed by atoms with Crippen LogP contribution >= 0.6 is 0 Å². The Morgan fingerprint density at radius 1 is 0.327 bits per heavy atom. The predicted octanol–water partition coefficient (Wildman–Crippen LogP) is 13.9. The number of pyridine rings is 1. The maximum Gasteiger partial charge on any atom is 0.136 e. The van der Waals surface area contributed by atoms with Crippen molar-refractivity contribution in [3.63, 3.8) is 0 Å². The van der Waals surface area contributed by atoms with E-state index in [1.807, 2.05) is 24.3 Å². The van der Waals surface area contributed by atoms with Gasteiger partial charge in [-0.25, -0.2) is 4.98 Å². The van der Waals surface area contributed by atoms with Crippen molar-refractivity contribution in [2.24, 2.45) is 0 Å². The molecular formula is C49H29NO2. The number of hydrogen-bond acceptors (Lipinski definition) is 3. The first-order chi connectivity index (χ1) is 25.8. The molecule has 0 unspecified atom stereocenters. The minimum absolute atomic E-state index is 0.861. The highest BCUT2D eigenvalue weighted by molar-refractivity contribution is 6.27. The van der Waals surface area contributed by atoms with Gasteiger partial charge >= 0.3 is 0 Å². The first-order valence-electron chi connectivity index (χ1n) is 17.6. The fourth-order valence-electron chi connectivity index (χ4n) is 8.13. The Hall–Kier alpha value is -6.97. The van der Waals surface area contributed by atoms with Crippen molar-refractivity contribution in [2.75, 3.05) is 0 Å². The van der Waals surface area contributed by atoms with E-state index in [9.17, 15) is 0 Å². The van der Waals surface area contributed by atoms with Crippen LogP contribution in [0.5, 0.6) is 0 Å². The number of aromatic nitrogens is 1. The van der Waals surface area contributed by atoms with E-state index < -0.39 is 0 Å². The second-order valence-electron chi connectivity index (χ2n) is 13.4. The van der Waals surface area contributed by atoms with E-state index in [1.165, 1.54) is 16.5 Å². The van der Waals surface area contributed by atoms with Gasteiger partial charge in [-0.15, -0.1) is 0 Å². The number of hydrogen-bond donors (Lipinski definition) is 0. The van der Waals surface area contributed by atoms with Gasteiger partial charge in [0.2, 0.25) is 0 Å². The first-order valence-corrected chi connectivity index (χ1v) is 17.6. The lowest BCUT2D eigenvalue weighted by atomic mass is 9.89. The lowest BCUT2D eigenvalue weighted by Crippen LogP contribution is -1.93. The summed E-state index contributed by atoms with van der Waals surface area (Å²) in [5.41, 5.74) is 13.5. The monoisotopic (exact) mass is 663 g/mol. The normalized spacial score (nSPS) is 11.8. The van der Waals surface area contributed by atoms with Gasteiger partial charge in [0, 0.05) is 48.8 Å². The van der Waals surface area contributed by atoms with Gasteiger partial charge in [0.1, 0.15) is 22.3 Å². The van der Waals surface area contributed by atoms with Gasteiger partial charge in [-0.3, -0.25) is 0 Å². The SMILES string of the molecule is c1ccc(-c2c3c(cc4c(-c5ccc(-c6cccc(-c7cccc8oc9ccccc9c78)c6)cc5)nc5ccccc5c24)oc2ccccc23)cc1. The van der Waals surface area contributed by atoms with E-state index in [0.29, 0.717) is 0 Å². The molecule has 0 atom stereocenters. The summed E-state index contributed by atoms with van der Waals surface area (Å²) in [7, 11) is 0. The zero-order valence-corrected chi connectivity index (χ0v) is 28.0. The van der Waals surface area contributed by atoms with Gasteiger partial charge in [0.05, 0.1) is 11.2 Å². The standard InChI is InChI=1S/C49H29NO2/c1-2-12-31(13-3-1)45-47-36-16-4-7-20-40(36)50-49(39(47)29-44-48(45)38-18-6-9-22-42(38)52-44)32-26-24-30(25-27-32)33-14-10-15-34(28-33)35-19-11-23-43-46(35)37-17-5-8-21-41(37)51-43/h1-29H. The third-order valence-electron chi connectivity index (χ3n) is 10.5. The largest absolute Gasteiger partial charge is 0.456 e. The number of rotatable bonds is 4. The molecule has 3 heterocycles. The Kier molecular flexibility index (Phi) is 6.25. The van der Waals surface area contributed by atoms with Crippen LogP contribution in [-0.2, 0) is 0 Å². The minimum atomic E-state index is 0.861. The molecule has 0 bridgehead atoms. The third kappa shape index (κ3) is 4.36. The number of nitrogens with zero attached hydrogens (tertiary/aromatic N) is 1. The maximum atomic E-state index is 6.56. The molecule has 0 aliphatic heterocycles. The quantitative estimate of drug-likeness (QED) is 0.176. The molecule has 52 heavy (non-hydrogen) atoms. The highest BCUT2D eigenvalue weighted by Gasteiger charge is 2.21.